The van der Waals surface area contributed by atoms with Gasteiger partial charge >= 0.3 is 5.97 Å². The zero-order valence-electron chi connectivity index (χ0n) is 14.3. The van der Waals surface area contributed by atoms with Gasteiger partial charge in [-0.15, -0.1) is 0 Å². The molecule has 3 aromatic carbocycles. The number of methoxy groups -OCH3 is 2. The van der Waals surface area contributed by atoms with Gasteiger partial charge in [0.05, 0.1) is 20.6 Å². The first-order chi connectivity index (χ1) is 12.2. The van der Waals surface area contributed by atoms with E-state index in [0.717, 1.165) is 27.8 Å². The van der Waals surface area contributed by atoms with Crippen LogP contribution in [0.25, 0.3) is 10.8 Å². The summed E-state index contributed by atoms with van der Waals surface area (Å²) in [4.78, 5) is 12.2. The fraction of sp³-hybridized carbons (Fsp3) is 0.190. The fourth-order valence-corrected chi connectivity index (χ4v) is 2.73. The number of ether oxygens (including phenoxy) is 3. The smallest absolute Gasteiger partial charge is 0.311 e. The van der Waals surface area contributed by atoms with Crippen molar-refractivity contribution >= 4 is 16.7 Å². The third-order valence-corrected chi connectivity index (χ3v) is 4.04. The quantitative estimate of drug-likeness (QED) is 0.494. The summed E-state index contributed by atoms with van der Waals surface area (Å²) in [7, 11) is 3.22. The maximum atomic E-state index is 12.2. The van der Waals surface area contributed by atoms with Crippen molar-refractivity contribution in [3.63, 3.8) is 0 Å². The molecule has 0 aliphatic carbocycles. The van der Waals surface area contributed by atoms with Crippen molar-refractivity contribution in [3.8, 4) is 17.2 Å². The number of rotatable bonds is 6. The molecule has 0 saturated heterocycles. The number of aryl methyl sites for hydroxylation is 1. The summed E-state index contributed by atoms with van der Waals surface area (Å²) in [5, 5.41) is 2.16. The van der Waals surface area contributed by atoms with Crippen molar-refractivity contribution in [1.29, 1.82) is 0 Å². The summed E-state index contributed by atoms with van der Waals surface area (Å²) in [6.45, 7) is 0. The van der Waals surface area contributed by atoms with Crippen molar-refractivity contribution in [2.45, 2.75) is 12.8 Å². The Labute approximate surface area is 146 Å². The zero-order valence-corrected chi connectivity index (χ0v) is 14.3. The van der Waals surface area contributed by atoms with E-state index in [1.807, 2.05) is 60.7 Å². The van der Waals surface area contributed by atoms with Gasteiger partial charge in [0.15, 0.2) is 0 Å². The van der Waals surface area contributed by atoms with Gasteiger partial charge in [0.1, 0.15) is 17.2 Å². The molecule has 0 amide bonds. The van der Waals surface area contributed by atoms with E-state index in [0.29, 0.717) is 12.2 Å². The minimum Gasteiger partial charge on any atom is -0.497 e. The summed E-state index contributed by atoms with van der Waals surface area (Å²) in [5.41, 5.74) is 0.914. The molecule has 25 heavy (non-hydrogen) atoms. The minimum absolute atomic E-state index is 0.260. The highest BCUT2D eigenvalue weighted by Gasteiger charge is 2.10. The van der Waals surface area contributed by atoms with Gasteiger partial charge in [0, 0.05) is 0 Å². The molecule has 0 heterocycles. The number of hydrogen-bond donors (Lipinski definition) is 0. The Balaban J connectivity index is 1.66. The SMILES string of the molecule is COc1ccc(OC)c(CCC(=O)Oc2ccc3ccccc3c2)c1. The Bertz CT molecular complexity index is 886. The van der Waals surface area contributed by atoms with E-state index >= 15 is 0 Å². The molecule has 3 aromatic rings. The predicted octanol–water partition coefficient (Wildman–Crippen LogP) is 4.40. The van der Waals surface area contributed by atoms with Crippen LogP contribution in [0.2, 0.25) is 0 Å². The molecule has 0 spiro atoms. The van der Waals surface area contributed by atoms with Gasteiger partial charge in [0.2, 0.25) is 0 Å². The standard InChI is InChI=1S/C21H20O4/c1-23-18-10-11-20(24-2)17(14-18)8-12-21(22)25-19-9-7-15-5-3-4-6-16(15)13-19/h3-7,9-11,13-14H,8,12H2,1-2H3. The summed E-state index contributed by atoms with van der Waals surface area (Å²) in [6, 6.07) is 19.1. The van der Waals surface area contributed by atoms with Gasteiger partial charge in [0.25, 0.3) is 0 Å². The molecule has 3 rings (SSSR count). The lowest BCUT2D eigenvalue weighted by Gasteiger charge is -2.10. The van der Waals surface area contributed by atoms with Crippen molar-refractivity contribution in [2.24, 2.45) is 0 Å². The highest BCUT2D eigenvalue weighted by Crippen LogP contribution is 2.26. The molecular weight excluding hydrogens is 316 g/mol. The van der Waals surface area contributed by atoms with Crippen molar-refractivity contribution in [3.05, 3.63) is 66.2 Å². The molecule has 0 fully saturated rings. The second-order valence-corrected chi connectivity index (χ2v) is 5.66. The number of benzene rings is 3. The fourth-order valence-electron chi connectivity index (χ4n) is 2.73. The summed E-state index contributed by atoms with van der Waals surface area (Å²) < 4.78 is 16.0. The zero-order chi connectivity index (χ0) is 17.6. The largest absolute Gasteiger partial charge is 0.497 e. The van der Waals surface area contributed by atoms with Crippen LogP contribution in [0, 0.1) is 0 Å². The highest BCUT2D eigenvalue weighted by atomic mass is 16.5. The van der Waals surface area contributed by atoms with Crippen LogP contribution in [0.4, 0.5) is 0 Å². The third kappa shape index (κ3) is 4.10. The van der Waals surface area contributed by atoms with Crippen molar-refractivity contribution in [1.82, 2.24) is 0 Å². The van der Waals surface area contributed by atoms with E-state index in [-0.39, 0.29) is 12.4 Å². The molecule has 0 aromatic heterocycles. The van der Waals surface area contributed by atoms with E-state index in [1.165, 1.54) is 0 Å². The summed E-state index contributed by atoms with van der Waals surface area (Å²) >= 11 is 0. The average Bonchev–Trinajstić information content (AvgIpc) is 2.66. The van der Waals surface area contributed by atoms with Crippen LogP contribution in [0.15, 0.2) is 60.7 Å². The number of hydrogen-bond acceptors (Lipinski definition) is 4. The maximum Gasteiger partial charge on any atom is 0.311 e. The topological polar surface area (TPSA) is 44.8 Å². The molecule has 0 N–H and O–H groups in total. The Morgan fingerprint density at radius 2 is 1.60 bits per heavy atom. The van der Waals surface area contributed by atoms with Crippen LogP contribution in [-0.4, -0.2) is 20.2 Å². The number of fused-ring (bicyclic) bond motifs is 1. The number of carbonyl (C=O) groups excluding carboxylic acids is 1. The predicted molar refractivity (Wildman–Crippen MR) is 97.5 cm³/mol. The lowest BCUT2D eigenvalue weighted by Crippen LogP contribution is -2.09. The van der Waals surface area contributed by atoms with Gasteiger partial charge in [-0.05, 0) is 53.1 Å². The summed E-state index contributed by atoms with van der Waals surface area (Å²) in [6.07, 6.45) is 0.781. The Morgan fingerprint density at radius 1 is 0.840 bits per heavy atom. The molecular formula is C21H20O4. The lowest BCUT2D eigenvalue weighted by atomic mass is 10.1. The van der Waals surface area contributed by atoms with Crippen LogP contribution in [0.5, 0.6) is 17.2 Å². The van der Waals surface area contributed by atoms with Crippen molar-refractivity contribution < 1.29 is 19.0 Å². The summed E-state index contributed by atoms with van der Waals surface area (Å²) in [5.74, 6) is 1.75. The molecule has 0 bridgehead atoms. The molecule has 0 atom stereocenters. The Hall–Kier alpha value is -3.01. The van der Waals surface area contributed by atoms with Gasteiger partial charge < -0.3 is 14.2 Å². The Kier molecular flexibility index (Phi) is 5.19. The number of esters is 1. The van der Waals surface area contributed by atoms with E-state index in [2.05, 4.69) is 0 Å². The first-order valence-electron chi connectivity index (χ1n) is 8.10. The monoisotopic (exact) mass is 336 g/mol. The van der Waals surface area contributed by atoms with Crippen LogP contribution in [-0.2, 0) is 11.2 Å². The van der Waals surface area contributed by atoms with Crippen LogP contribution in [0.1, 0.15) is 12.0 Å². The Morgan fingerprint density at radius 3 is 2.36 bits per heavy atom. The van der Waals surface area contributed by atoms with Crippen molar-refractivity contribution in [2.75, 3.05) is 14.2 Å². The van der Waals surface area contributed by atoms with E-state index in [1.54, 1.807) is 14.2 Å². The number of carbonyl (C=O) groups is 1. The maximum absolute atomic E-state index is 12.2. The van der Waals surface area contributed by atoms with Gasteiger partial charge in [-0.3, -0.25) is 4.79 Å². The second kappa shape index (κ2) is 7.71. The molecule has 0 unspecified atom stereocenters. The minimum atomic E-state index is -0.278. The molecule has 0 aliphatic heterocycles. The normalized spacial score (nSPS) is 10.5. The molecule has 0 aliphatic rings. The molecule has 4 heteroatoms. The van der Waals surface area contributed by atoms with Gasteiger partial charge in [-0.25, -0.2) is 0 Å². The third-order valence-electron chi connectivity index (χ3n) is 4.04. The first kappa shape index (κ1) is 16.8. The van der Waals surface area contributed by atoms with Gasteiger partial charge in [-0.1, -0.05) is 30.3 Å². The van der Waals surface area contributed by atoms with E-state index in [4.69, 9.17) is 14.2 Å². The van der Waals surface area contributed by atoms with Crippen LogP contribution >= 0.6 is 0 Å². The molecule has 4 nitrogen and oxygen atoms in total. The lowest BCUT2D eigenvalue weighted by molar-refractivity contribution is -0.134. The second-order valence-electron chi connectivity index (χ2n) is 5.66. The van der Waals surface area contributed by atoms with E-state index in [9.17, 15) is 4.79 Å². The van der Waals surface area contributed by atoms with Crippen LogP contribution < -0.4 is 14.2 Å². The average molecular weight is 336 g/mol. The first-order valence-corrected chi connectivity index (χ1v) is 8.10. The molecule has 0 radical (unpaired) electrons. The van der Waals surface area contributed by atoms with E-state index < -0.39 is 0 Å². The molecule has 128 valence electrons. The highest BCUT2D eigenvalue weighted by molar-refractivity contribution is 5.84. The van der Waals surface area contributed by atoms with Crippen LogP contribution in [0.3, 0.4) is 0 Å². The molecule has 0 saturated carbocycles. The van der Waals surface area contributed by atoms with Gasteiger partial charge in [-0.2, -0.15) is 0 Å².